The average molecular weight is 332 g/mol. The molecule has 8 heteroatoms. The van der Waals surface area contributed by atoms with Crippen molar-refractivity contribution < 1.29 is 27.8 Å². The summed E-state index contributed by atoms with van der Waals surface area (Å²) in [5, 5.41) is 11.1. The Balaban J connectivity index is 2.02. The molecule has 0 aromatic heterocycles. The fourth-order valence-electron chi connectivity index (χ4n) is 2.51. The van der Waals surface area contributed by atoms with Gasteiger partial charge in [0.15, 0.2) is 0 Å². The van der Waals surface area contributed by atoms with E-state index < -0.39 is 17.8 Å². The highest BCUT2D eigenvalue weighted by atomic mass is 19.4. The van der Waals surface area contributed by atoms with Gasteiger partial charge in [0.25, 0.3) is 0 Å². The molecule has 2 amide bonds. The van der Waals surface area contributed by atoms with Gasteiger partial charge in [0.1, 0.15) is 0 Å². The van der Waals surface area contributed by atoms with Crippen molar-refractivity contribution >= 4 is 11.7 Å². The molecule has 2 rings (SSSR count). The molecule has 1 saturated heterocycles. The standard InChI is InChI=1S/C15H19F3N2O3/c16-15(17,18)12-5-1-2-6-13(12)19-14(22)20-7-3-4-11(10-20)23-9-8-21/h1-2,5-6,11,21H,3-4,7-10H2,(H,19,22). The Morgan fingerprint density at radius 2 is 2.13 bits per heavy atom. The van der Waals surface area contributed by atoms with Crippen LogP contribution in [0.3, 0.4) is 0 Å². The summed E-state index contributed by atoms with van der Waals surface area (Å²) in [6, 6.07) is 4.29. The number of carbonyl (C=O) groups excluding carboxylic acids is 1. The zero-order chi connectivity index (χ0) is 16.9. The van der Waals surface area contributed by atoms with Gasteiger partial charge in [-0.25, -0.2) is 4.79 Å². The fourth-order valence-corrected chi connectivity index (χ4v) is 2.51. The average Bonchev–Trinajstić information content (AvgIpc) is 2.52. The molecule has 1 aromatic rings. The molecule has 0 radical (unpaired) electrons. The highest BCUT2D eigenvalue weighted by Gasteiger charge is 2.34. The van der Waals surface area contributed by atoms with Gasteiger partial charge >= 0.3 is 12.2 Å². The van der Waals surface area contributed by atoms with Gasteiger partial charge in [0.05, 0.1) is 30.6 Å². The number of amides is 2. The highest BCUT2D eigenvalue weighted by Crippen LogP contribution is 2.34. The first-order valence-corrected chi connectivity index (χ1v) is 7.36. The molecule has 1 aromatic carbocycles. The molecule has 0 bridgehead atoms. The van der Waals surface area contributed by atoms with Crippen molar-refractivity contribution in [1.29, 1.82) is 0 Å². The molecule has 0 spiro atoms. The first-order valence-electron chi connectivity index (χ1n) is 7.36. The number of carbonyl (C=O) groups is 1. The number of nitrogens with zero attached hydrogens (tertiary/aromatic N) is 1. The van der Waals surface area contributed by atoms with Crippen molar-refractivity contribution in [1.82, 2.24) is 4.90 Å². The van der Waals surface area contributed by atoms with Gasteiger partial charge in [0.2, 0.25) is 0 Å². The number of rotatable bonds is 4. The number of halogens is 3. The van der Waals surface area contributed by atoms with Crippen LogP contribution in [0.4, 0.5) is 23.7 Å². The number of aliphatic hydroxyl groups excluding tert-OH is 1. The van der Waals surface area contributed by atoms with Crippen LogP contribution in [0.5, 0.6) is 0 Å². The molecule has 0 aliphatic carbocycles. The number of ether oxygens (including phenoxy) is 1. The lowest BCUT2D eigenvalue weighted by Crippen LogP contribution is -2.45. The minimum atomic E-state index is -4.53. The van der Waals surface area contributed by atoms with Gasteiger partial charge in [-0.3, -0.25) is 0 Å². The number of benzene rings is 1. The van der Waals surface area contributed by atoms with E-state index in [9.17, 15) is 18.0 Å². The highest BCUT2D eigenvalue weighted by molar-refractivity contribution is 5.90. The Bertz CT molecular complexity index is 537. The maximum atomic E-state index is 12.9. The van der Waals surface area contributed by atoms with Crippen LogP contribution < -0.4 is 5.32 Å². The van der Waals surface area contributed by atoms with Crippen molar-refractivity contribution in [2.24, 2.45) is 0 Å². The zero-order valence-electron chi connectivity index (χ0n) is 12.5. The zero-order valence-corrected chi connectivity index (χ0v) is 12.5. The van der Waals surface area contributed by atoms with Gasteiger partial charge in [-0.15, -0.1) is 0 Å². The lowest BCUT2D eigenvalue weighted by Gasteiger charge is -2.32. The van der Waals surface area contributed by atoms with Crippen LogP contribution in [0, 0.1) is 0 Å². The molecule has 0 saturated carbocycles. The molecule has 1 fully saturated rings. The molecule has 5 nitrogen and oxygen atoms in total. The van der Waals surface area contributed by atoms with E-state index in [-0.39, 0.29) is 25.0 Å². The number of hydrogen-bond acceptors (Lipinski definition) is 3. The van der Waals surface area contributed by atoms with E-state index in [1.807, 2.05) is 0 Å². The second-order valence-electron chi connectivity index (χ2n) is 5.28. The van der Waals surface area contributed by atoms with E-state index in [2.05, 4.69) is 5.32 Å². The largest absolute Gasteiger partial charge is 0.418 e. The summed E-state index contributed by atoms with van der Waals surface area (Å²) in [5.41, 5.74) is -1.14. The summed E-state index contributed by atoms with van der Waals surface area (Å²) in [5.74, 6) is 0. The van der Waals surface area contributed by atoms with E-state index in [0.717, 1.165) is 12.5 Å². The Labute approximate surface area is 132 Å². The van der Waals surface area contributed by atoms with Crippen LogP contribution in [0.25, 0.3) is 0 Å². The minimum absolute atomic E-state index is 0.109. The first-order chi connectivity index (χ1) is 10.9. The molecular formula is C15H19F3N2O3. The molecule has 2 N–H and O–H groups in total. The Morgan fingerprint density at radius 1 is 1.39 bits per heavy atom. The van der Waals surface area contributed by atoms with Crippen molar-refractivity contribution in [2.75, 3.05) is 31.6 Å². The van der Waals surface area contributed by atoms with Gasteiger partial charge in [-0.1, -0.05) is 12.1 Å². The van der Waals surface area contributed by atoms with Crippen LogP contribution in [-0.2, 0) is 10.9 Å². The van der Waals surface area contributed by atoms with Crippen molar-refractivity contribution in [3.63, 3.8) is 0 Å². The summed E-state index contributed by atoms with van der Waals surface area (Å²) in [7, 11) is 0. The van der Waals surface area contributed by atoms with Gasteiger partial charge < -0.3 is 20.1 Å². The molecule has 1 unspecified atom stereocenters. The lowest BCUT2D eigenvalue weighted by atomic mass is 10.1. The van der Waals surface area contributed by atoms with Crippen molar-refractivity contribution in [3.8, 4) is 0 Å². The molecule has 1 heterocycles. The summed E-state index contributed by atoms with van der Waals surface area (Å²) < 4.78 is 44.2. The maximum Gasteiger partial charge on any atom is 0.418 e. The van der Waals surface area contributed by atoms with Crippen LogP contribution in [-0.4, -0.2) is 48.4 Å². The number of likely N-dealkylation sites (tertiary alicyclic amines) is 1. The second kappa shape index (κ2) is 7.65. The molecule has 1 aliphatic rings. The summed E-state index contributed by atoms with van der Waals surface area (Å²) in [4.78, 5) is 13.6. The van der Waals surface area contributed by atoms with E-state index in [4.69, 9.17) is 9.84 Å². The van der Waals surface area contributed by atoms with Crippen LogP contribution in [0.1, 0.15) is 18.4 Å². The lowest BCUT2D eigenvalue weighted by molar-refractivity contribution is -0.136. The predicted molar refractivity (Wildman–Crippen MR) is 78.1 cm³/mol. The Morgan fingerprint density at radius 3 is 2.83 bits per heavy atom. The fraction of sp³-hybridized carbons (Fsp3) is 0.533. The number of alkyl halides is 3. The number of hydrogen-bond donors (Lipinski definition) is 2. The summed E-state index contributed by atoms with van der Waals surface area (Å²) >= 11 is 0. The van der Waals surface area contributed by atoms with Gasteiger partial charge in [-0.05, 0) is 25.0 Å². The normalized spacial score (nSPS) is 18.8. The van der Waals surface area contributed by atoms with Crippen molar-refractivity contribution in [3.05, 3.63) is 29.8 Å². The van der Waals surface area contributed by atoms with E-state index in [0.29, 0.717) is 19.5 Å². The monoisotopic (exact) mass is 332 g/mol. The second-order valence-corrected chi connectivity index (χ2v) is 5.28. The number of nitrogens with one attached hydrogen (secondary N) is 1. The molecule has 23 heavy (non-hydrogen) atoms. The third kappa shape index (κ3) is 4.84. The topological polar surface area (TPSA) is 61.8 Å². The van der Waals surface area contributed by atoms with E-state index >= 15 is 0 Å². The first kappa shape index (κ1) is 17.6. The maximum absolute atomic E-state index is 12.9. The third-order valence-corrected chi connectivity index (χ3v) is 3.58. The Kier molecular flexibility index (Phi) is 5.84. The Hall–Kier alpha value is -1.80. The molecule has 128 valence electrons. The van der Waals surface area contributed by atoms with Crippen LogP contribution in [0.2, 0.25) is 0 Å². The van der Waals surface area contributed by atoms with Crippen LogP contribution in [0.15, 0.2) is 24.3 Å². The number of anilines is 1. The number of para-hydroxylation sites is 1. The van der Waals surface area contributed by atoms with Gasteiger partial charge in [-0.2, -0.15) is 13.2 Å². The molecule has 1 atom stereocenters. The predicted octanol–water partition coefficient (Wildman–Crippen LogP) is 2.71. The van der Waals surface area contributed by atoms with Crippen LogP contribution >= 0.6 is 0 Å². The minimum Gasteiger partial charge on any atom is -0.394 e. The van der Waals surface area contributed by atoms with Gasteiger partial charge in [0, 0.05) is 13.1 Å². The summed E-state index contributed by atoms with van der Waals surface area (Å²) in [6.45, 7) is 0.817. The molecular weight excluding hydrogens is 313 g/mol. The number of urea groups is 1. The number of aliphatic hydroxyl groups is 1. The third-order valence-electron chi connectivity index (χ3n) is 3.58. The van der Waals surface area contributed by atoms with E-state index in [1.54, 1.807) is 0 Å². The van der Waals surface area contributed by atoms with E-state index in [1.165, 1.54) is 23.1 Å². The molecule has 1 aliphatic heterocycles. The number of piperidine rings is 1. The quantitative estimate of drug-likeness (QED) is 0.891. The summed E-state index contributed by atoms with van der Waals surface area (Å²) in [6.07, 6.45) is -3.29. The van der Waals surface area contributed by atoms with Crippen molar-refractivity contribution in [2.45, 2.75) is 25.1 Å². The smallest absolute Gasteiger partial charge is 0.394 e. The SMILES string of the molecule is O=C(Nc1ccccc1C(F)(F)F)N1CCCC(OCCO)C1.